The Balaban J connectivity index is 1.80. The highest BCUT2D eigenvalue weighted by Gasteiger charge is 2.35. The van der Waals surface area contributed by atoms with Gasteiger partial charge in [0.15, 0.2) is 0 Å². The van der Waals surface area contributed by atoms with Crippen LogP contribution in [0.4, 0.5) is 4.39 Å². The van der Waals surface area contributed by atoms with Crippen LogP contribution in [-0.2, 0) is 0 Å². The molecule has 0 aromatic heterocycles. The van der Waals surface area contributed by atoms with Crippen molar-refractivity contribution < 1.29 is 4.39 Å². The normalized spacial score (nSPS) is 33.6. The molecule has 2 atom stereocenters. The number of hydrogen-bond donors (Lipinski definition) is 1. The van der Waals surface area contributed by atoms with Crippen molar-refractivity contribution in [3.05, 3.63) is 35.6 Å². The average molecular weight is 235 g/mol. The number of halogens is 1. The lowest BCUT2D eigenvalue weighted by Gasteiger charge is -2.49. The topological polar surface area (TPSA) is 32.5 Å². The van der Waals surface area contributed by atoms with Crippen molar-refractivity contribution in [2.24, 2.45) is 5.73 Å². The molecule has 1 aromatic rings. The van der Waals surface area contributed by atoms with E-state index in [0.717, 1.165) is 38.3 Å². The van der Waals surface area contributed by atoms with Gasteiger partial charge in [0, 0.05) is 44.8 Å². The molecular formula is C13H18FN3. The molecule has 2 unspecified atom stereocenters. The van der Waals surface area contributed by atoms with Crippen LogP contribution in [0.5, 0.6) is 0 Å². The Morgan fingerprint density at radius 2 is 2.00 bits per heavy atom. The minimum atomic E-state index is -0.200. The van der Waals surface area contributed by atoms with E-state index in [9.17, 15) is 4.39 Å². The molecule has 92 valence electrons. The largest absolute Gasteiger partial charge is 0.323 e. The molecule has 0 radical (unpaired) electrons. The van der Waals surface area contributed by atoms with Gasteiger partial charge in [-0.1, -0.05) is 12.1 Å². The number of rotatable bonds is 2. The minimum absolute atomic E-state index is 0.0891. The molecule has 3 aliphatic rings. The molecule has 0 spiro atoms. The SMILES string of the molecule is NC(c1cccc(F)c1)C1CN2CCN1CC2. The zero-order valence-corrected chi connectivity index (χ0v) is 9.85. The van der Waals surface area contributed by atoms with Crippen molar-refractivity contribution in [3.63, 3.8) is 0 Å². The van der Waals surface area contributed by atoms with Crippen LogP contribution in [0, 0.1) is 5.82 Å². The molecule has 17 heavy (non-hydrogen) atoms. The van der Waals surface area contributed by atoms with Gasteiger partial charge in [-0.3, -0.25) is 9.80 Å². The highest BCUT2D eigenvalue weighted by molar-refractivity contribution is 5.22. The van der Waals surface area contributed by atoms with Crippen molar-refractivity contribution in [3.8, 4) is 0 Å². The van der Waals surface area contributed by atoms with E-state index in [0.29, 0.717) is 6.04 Å². The van der Waals surface area contributed by atoms with Crippen molar-refractivity contribution in [2.75, 3.05) is 32.7 Å². The average Bonchev–Trinajstić information content (AvgIpc) is 2.39. The summed E-state index contributed by atoms with van der Waals surface area (Å²) in [7, 11) is 0. The van der Waals surface area contributed by atoms with Crippen LogP contribution in [0.15, 0.2) is 24.3 Å². The number of hydrogen-bond acceptors (Lipinski definition) is 3. The highest BCUT2D eigenvalue weighted by Crippen LogP contribution is 2.25. The van der Waals surface area contributed by atoms with E-state index in [1.165, 1.54) is 6.07 Å². The fraction of sp³-hybridized carbons (Fsp3) is 0.538. The van der Waals surface area contributed by atoms with Gasteiger partial charge in [-0.05, 0) is 17.7 Å². The molecule has 0 saturated carbocycles. The van der Waals surface area contributed by atoms with Gasteiger partial charge < -0.3 is 5.73 Å². The van der Waals surface area contributed by atoms with Gasteiger partial charge in [0.25, 0.3) is 0 Å². The van der Waals surface area contributed by atoms with E-state index in [4.69, 9.17) is 5.73 Å². The lowest BCUT2D eigenvalue weighted by atomic mass is 9.95. The van der Waals surface area contributed by atoms with Gasteiger partial charge in [0.1, 0.15) is 5.82 Å². The van der Waals surface area contributed by atoms with E-state index in [1.54, 1.807) is 12.1 Å². The molecule has 2 bridgehead atoms. The summed E-state index contributed by atoms with van der Waals surface area (Å²) in [5.74, 6) is -0.200. The molecule has 3 heterocycles. The second-order valence-electron chi connectivity index (χ2n) is 4.98. The van der Waals surface area contributed by atoms with E-state index in [1.807, 2.05) is 6.07 Å². The Morgan fingerprint density at radius 3 is 2.59 bits per heavy atom. The molecule has 1 aromatic carbocycles. The first-order valence-electron chi connectivity index (χ1n) is 6.21. The summed E-state index contributed by atoms with van der Waals surface area (Å²) in [4.78, 5) is 4.89. The summed E-state index contributed by atoms with van der Waals surface area (Å²) in [5, 5.41) is 0. The molecule has 3 aliphatic heterocycles. The first kappa shape index (κ1) is 11.1. The fourth-order valence-corrected chi connectivity index (χ4v) is 2.93. The number of benzene rings is 1. The number of fused-ring (bicyclic) bond motifs is 3. The molecule has 0 amide bonds. The van der Waals surface area contributed by atoms with E-state index in [-0.39, 0.29) is 11.9 Å². The van der Waals surface area contributed by atoms with E-state index < -0.39 is 0 Å². The first-order valence-corrected chi connectivity index (χ1v) is 6.21. The molecule has 2 N–H and O–H groups in total. The second-order valence-corrected chi connectivity index (χ2v) is 4.98. The number of piperazine rings is 3. The zero-order chi connectivity index (χ0) is 11.8. The molecule has 3 nitrogen and oxygen atoms in total. The lowest BCUT2D eigenvalue weighted by molar-refractivity contribution is 0.00211. The number of nitrogens with zero attached hydrogens (tertiary/aromatic N) is 2. The first-order chi connectivity index (χ1) is 8.24. The van der Waals surface area contributed by atoms with Gasteiger partial charge in [0.05, 0.1) is 0 Å². The van der Waals surface area contributed by atoms with Gasteiger partial charge in [-0.25, -0.2) is 4.39 Å². The quantitative estimate of drug-likeness (QED) is 0.824. The van der Waals surface area contributed by atoms with Gasteiger partial charge in [-0.2, -0.15) is 0 Å². The van der Waals surface area contributed by atoms with Crippen LogP contribution in [0.3, 0.4) is 0 Å². The summed E-state index contributed by atoms with van der Waals surface area (Å²) in [5.41, 5.74) is 7.20. The van der Waals surface area contributed by atoms with E-state index in [2.05, 4.69) is 9.80 Å². The minimum Gasteiger partial charge on any atom is -0.323 e. The van der Waals surface area contributed by atoms with Crippen LogP contribution >= 0.6 is 0 Å². The summed E-state index contributed by atoms with van der Waals surface area (Å²) in [6.07, 6.45) is 0. The Hall–Kier alpha value is -0.970. The predicted octanol–water partition coefficient (Wildman–Crippen LogP) is 0.825. The Kier molecular flexibility index (Phi) is 2.86. The van der Waals surface area contributed by atoms with Crippen LogP contribution < -0.4 is 5.73 Å². The molecule has 4 heteroatoms. The Morgan fingerprint density at radius 1 is 1.24 bits per heavy atom. The second kappa shape index (κ2) is 4.37. The Labute approximate surface area is 101 Å². The number of nitrogens with two attached hydrogens (primary N) is 1. The Bertz CT molecular complexity index is 401. The maximum Gasteiger partial charge on any atom is 0.123 e. The highest BCUT2D eigenvalue weighted by atomic mass is 19.1. The fourth-order valence-electron chi connectivity index (χ4n) is 2.93. The van der Waals surface area contributed by atoms with Gasteiger partial charge in [0.2, 0.25) is 0 Å². The smallest absolute Gasteiger partial charge is 0.123 e. The standard InChI is InChI=1S/C13H18FN3/c14-11-3-1-2-10(8-11)13(15)12-9-16-4-6-17(12)7-5-16/h1-3,8,12-13H,4-7,9,15H2. The lowest BCUT2D eigenvalue weighted by Crippen LogP contribution is -2.63. The summed E-state index contributed by atoms with van der Waals surface area (Å²) in [6, 6.07) is 6.93. The van der Waals surface area contributed by atoms with Crippen molar-refractivity contribution in [2.45, 2.75) is 12.1 Å². The van der Waals surface area contributed by atoms with Gasteiger partial charge in [-0.15, -0.1) is 0 Å². The van der Waals surface area contributed by atoms with Crippen LogP contribution in [0.2, 0.25) is 0 Å². The van der Waals surface area contributed by atoms with Gasteiger partial charge >= 0.3 is 0 Å². The molecule has 3 fully saturated rings. The maximum atomic E-state index is 13.2. The third-order valence-corrected chi connectivity index (χ3v) is 3.97. The molecule has 4 rings (SSSR count). The molecule has 3 saturated heterocycles. The van der Waals surface area contributed by atoms with Crippen molar-refractivity contribution >= 4 is 0 Å². The zero-order valence-electron chi connectivity index (χ0n) is 9.85. The summed E-state index contributed by atoms with van der Waals surface area (Å²) < 4.78 is 13.2. The van der Waals surface area contributed by atoms with Crippen LogP contribution in [0.25, 0.3) is 0 Å². The molecule has 0 aliphatic carbocycles. The summed E-state index contributed by atoms with van der Waals surface area (Å²) in [6.45, 7) is 5.48. The summed E-state index contributed by atoms with van der Waals surface area (Å²) >= 11 is 0. The molecular weight excluding hydrogens is 217 g/mol. The van der Waals surface area contributed by atoms with Crippen molar-refractivity contribution in [1.29, 1.82) is 0 Å². The third-order valence-electron chi connectivity index (χ3n) is 3.97. The van der Waals surface area contributed by atoms with E-state index >= 15 is 0 Å². The van der Waals surface area contributed by atoms with Crippen LogP contribution in [0.1, 0.15) is 11.6 Å². The third kappa shape index (κ3) is 2.08. The monoisotopic (exact) mass is 235 g/mol. The maximum absolute atomic E-state index is 13.2. The van der Waals surface area contributed by atoms with Crippen molar-refractivity contribution in [1.82, 2.24) is 9.80 Å². The van der Waals surface area contributed by atoms with Crippen LogP contribution in [-0.4, -0.2) is 48.6 Å². The predicted molar refractivity (Wildman–Crippen MR) is 65.1 cm³/mol.